The molecular weight excluding hydrogens is 420 g/mol. The van der Waals surface area contributed by atoms with E-state index in [9.17, 15) is 14.9 Å². The van der Waals surface area contributed by atoms with E-state index < -0.39 is 16.7 Å². The van der Waals surface area contributed by atoms with Crippen molar-refractivity contribution in [3.63, 3.8) is 0 Å². The molecule has 0 saturated heterocycles. The molecule has 154 valence electrons. The quantitative estimate of drug-likeness (QED) is 0.236. The van der Waals surface area contributed by atoms with Crippen LogP contribution >= 0.6 is 11.6 Å². The summed E-state index contributed by atoms with van der Waals surface area (Å²) >= 11 is 6.20. The lowest BCUT2D eigenvalue weighted by Crippen LogP contribution is -2.23. The number of nitro groups is 1. The Balaban J connectivity index is 1.82. The second-order valence-electron chi connectivity index (χ2n) is 6.56. The number of fused-ring (bicyclic) bond motifs is 1. The number of halogens is 1. The molecule has 0 aliphatic rings. The second kappa shape index (κ2) is 8.37. The summed E-state index contributed by atoms with van der Waals surface area (Å²) in [7, 11) is 0. The van der Waals surface area contributed by atoms with E-state index >= 15 is 0 Å². The Hall–Kier alpha value is -4.04. The van der Waals surface area contributed by atoms with Crippen LogP contribution in [0.2, 0.25) is 5.02 Å². The first-order valence-corrected chi connectivity index (χ1v) is 9.55. The molecule has 4 rings (SSSR count). The van der Waals surface area contributed by atoms with Gasteiger partial charge in [-0.1, -0.05) is 41.9 Å². The summed E-state index contributed by atoms with van der Waals surface area (Å²) in [6.45, 7) is 1.35. The lowest BCUT2D eigenvalue weighted by atomic mass is 10.0. The normalized spacial score (nSPS) is 11.2. The summed E-state index contributed by atoms with van der Waals surface area (Å²) in [6.07, 6.45) is 1.23. The predicted molar refractivity (Wildman–Crippen MR) is 118 cm³/mol. The maximum atomic E-state index is 12.3. The number of anilines is 1. The molecule has 2 heterocycles. The molecule has 0 bridgehead atoms. The molecule has 0 saturated carbocycles. The van der Waals surface area contributed by atoms with Gasteiger partial charge >= 0.3 is 5.88 Å². The molecule has 2 aromatic heterocycles. The number of hydrazone groups is 1. The van der Waals surface area contributed by atoms with Crippen LogP contribution in [0.3, 0.4) is 0 Å². The third kappa shape index (κ3) is 4.29. The summed E-state index contributed by atoms with van der Waals surface area (Å²) in [5.74, 6) is -0.382. The van der Waals surface area contributed by atoms with Crippen LogP contribution in [-0.2, 0) is 4.79 Å². The van der Waals surface area contributed by atoms with Crippen molar-refractivity contribution in [2.24, 2.45) is 5.10 Å². The van der Waals surface area contributed by atoms with E-state index in [4.69, 9.17) is 16.0 Å². The SMILES string of the molecule is CC(=O)N(/N=C\c1ccc([N+](=O)[O-])o1)c1cc(-c2ccccc2)c2cc(Cl)ccc2n1. The van der Waals surface area contributed by atoms with E-state index in [-0.39, 0.29) is 5.76 Å². The van der Waals surface area contributed by atoms with E-state index in [1.165, 1.54) is 25.3 Å². The summed E-state index contributed by atoms with van der Waals surface area (Å²) in [5.41, 5.74) is 2.39. The monoisotopic (exact) mass is 434 g/mol. The van der Waals surface area contributed by atoms with Gasteiger partial charge in [-0.3, -0.25) is 14.9 Å². The van der Waals surface area contributed by atoms with Gasteiger partial charge < -0.3 is 4.42 Å². The van der Waals surface area contributed by atoms with Crippen LogP contribution in [0.25, 0.3) is 22.0 Å². The van der Waals surface area contributed by atoms with E-state index in [1.54, 1.807) is 18.2 Å². The fraction of sp³-hybridized carbons (Fsp3) is 0.0455. The minimum atomic E-state index is -0.651. The van der Waals surface area contributed by atoms with Crippen LogP contribution in [0.5, 0.6) is 0 Å². The lowest BCUT2D eigenvalue weighted by Gasteiger charge is -2.17. The molecule has 8 nitrogen and oxygen atoms in total. The molecule has 0 aliphatic heterocycles. The van der Waals surface area contributed by atoms with Crippen molar-refractivity contribution in [1.29, 1.82) is 0 Å². The van der Waals surface area contributed by atoms with Crippen molar-refractivity contribution in [3.8, 4) is 11.1 Å². The van der Waals surface area contributed by atoms with Gasteiger partial charge in [-0.05, 0) is 41.5 Å². The number of aromatic nitrogens is 1. The molecule has 9 heteroatoms. The van der Waals surface area contributed by atoms with Gasteiger partial charge in [0.25, 0.3) is 0 Å². The third-order valence-electron chi connectivity index (χ3n) is 4.45. The van der Waals surface area contributed by atoms with Gasteiger partial charge in [-0.25, -0.2) is 4.98 Å². The zero-order valence-electron chi connectivity index (χ0n) is 16.2. The third-order valence-corrected chi connectivity index (χ3v) is 4.69. The molecule has 0 spiro atoms. The first kappa shape index (κ1) is 20.2. The Labute approximate surface area is 181 Å². The van der Waals surface area contributed by atoms with Crippen molar-refractivity contribution in [3.05, 3.63) is 87.6 Å². The van der Waals surface area contributed by atoms with Gasteiger partial charge in [0.2, 0.25) is 5.91 Å². The Morgan fingerprint density at radius 3 is 2.61 bits per heavy atom. The maximum absolute atomic E-state index is 12.3. The largest absolute Gasteiger partial charge is 0.433 e. The van der Waals surface area contributed by atoms with Crippen molar-refractivity contribution < 1.29 is 14.1 Å². The zero-order chi connectivity index (χ0) is 22.0. The van der Waals surface area contributed by atoms with Crippen LogP contribution in [0.1, 0.15) is 12.7 Å². The number of hydrogen-bond donors (Lipinski definition) is 0. The number of furan rings is 1. The van der Waals surface area contributed by atoms with Gasteiger partial charge in [0.15, 0.2) is 11.6 Å². The first-order valence-electron chi connectivity index (χ1n) is 9.17. The summed E-state index contributed by atoms with van der Waals surface area (Å²) in [5, 5.41) is 17.4. The van der Waals surface area contributed by atoms with E-state index in [0.717, 1.165) is 21.5 Å². The smallest absolute Gasteiger partial charge is 0.400 e. The van der Waals surface area contributed by atoms with Crippen LogP contribution in [0.15, 0.2) is 76.2 Å². The van der Waals surface area contributed by atoms with Crippen molar-refractivity contribution in [2.45, 2.75) is 6.92 Å². The number of hydrogen-bond acceptors (Lipinski definition) is 6. The van der Waals surface area contributed by atoms with Gasteiger partial charge in [0.05, 0.1) is 17.8 Å². The number of carbonyl (C=O) groups is 1. The number of carbonyl (C=O) groups excluding carboxylic acids is 1. The Kier molecular flexibility index (Phi) is 5.46. The van der Waals surface area contributed by atoms with Crippen molar-refractivity contribution in [2.75, 3.05) is 5.01 Å². The van der Waals surface area contributed by atoms with Crippen LogP contribution in [0, 0.1) is 10.1 Å². The van der Waals surface area contributed by atoms with Crippen molar-refractivity contribution in [1.82, 2.24) is 4.98 Å². The average molecular weight is 435 g/mol. The number of pyridine rings is 1. The highest BCUT2D eigenvalue weighted by molar-refractivity contribution is 6.31. The van der Waals surface area contributed by atoms with E-state index in [1.807, 2.05) is 36.4 Å². The molecule has 0 aliphatic carbocycles. The molecule has 0 atom stereocenters. The van der Waals surface area contributed by atoms with Gasteiger partial charge in [-0.15, -0.1) is 0 Å². The molecule has 0 unspecified atom stereocenters. The molecule has 1 amide bonds. The Morgan fingerprint density at radius 2 is 1.94 bits per heavy atom. The lowest BCUT2D eigenvalue weighted by molar-refractivity contribution is -0.402. The first-order chi connectivity index (χ1) is 14.9. The fourth-order valence-electron chi connectivity index (χ4n) is 3.08. The number of benzene rings is 2. The topological polar surface area (TPSA) is 102 Å². The highest BCUT2D eigenvalue weighted by Crippen LogP contribution is 2.33. The molecule has 0 N–H and O–H groups in total. The maximum Gasteiger partial charge on any atom is 0.433 e. The minimum Gasteiger partial charge on any atom is -0.400 e. The minimum absolute atomic E-state index is 0.133. The predicted octanol–water partition coefficient (Wildman–Crippen LogP) is 5.44. The summed E-state index contributed by atoms with van der Waals surface area (Å²) in [4.78, 5) is 27.0. The Bertz CT molecular complexity index is 1320. The van der Waals surface area contributed by atoms with Gasteiger partial charge in [-0.2, -0.15) is 10.1 Å². The molecule has 0 radical (unpaired) electrons. The molecule has 0 fully saturated rings. The zero-order valence-corrected chi connectivity index (χ0v) is 17.0. The highest BCUT2D eigenvalue weighted by atomic mass is 35.5. The second-order valence-corrected chi connectivity index (χ2v) is 7.00. The average Bonchev–Trinajstić information content (AvgIpc) is 3.23. The van der Waals surface area contributed by atoms with E-state index in [0.29, 0.717) is 16.4 Å². The van der Waals surface area contributed by atoms with Crippen LogP contribution in [-0.4, -0.2) is 22.0 Å². The fourth-order valence-corrected chi connectivity index (χ4v) is 3.25. The van der Waals surface area contributed by atoms with Gasteiger partial charge in [0, 0.05) is 17.3 Å². The van der Waals surface area contributed by atoms with Crippen LogP contribution in [0.4, 0.5) is 11.7 Å². The number of rotatable bonds is 5. The standard InChI is InChI=1S/C22H15ClN4O4/c1-14(28)26(24-13-17-8-10-22(31-17)27(29)30)21-12-18(15-5-3-2-4-6-15)19-11-16(23)7-9-20(19)25-21/h2-13H,1H3/b24-13-. The summed E-state index contributed by atoms with van der Waals surface area (Å²) < 4.78 is 5.07. The van der Waals surface area contributed by atoms with Crippen molar-refractivity contribution >= 4 is 46.3 Å². The van der Waals surface area contributed by atoms with E-state index in [2.05, 4.69) is 10.1 Å². The summed E-state index contributed by atoms with van der Waals surface area (Å²) in [6, 6.07) is 19.3. The number of amides is 1. The van der Waals surface area contributed by atoms with Crippen LogP contribution < -0.4 is 5.01 Å². The Morgan fingerprint density at radius 1 is 1.16 bits per heavy atom. The number of nitrogens with zero attached hydrogens (tertiary/aromatic N) is 4. The molecular formula is C22H15ClN4O4. The molecule has 31 heavy (non-hydrogen) atoms. The van der Waals surface area contributed by atoms with Gasteiger partial charge in [0.1, 0.15) is 4.92 Å². The molecule has 4 aromatic rings. The molecule has 2 aromatic carbocycles. The highest BCUT2D eigenvalue weighted by Gasteiger charge is 2.17.